The van der Waals surface area contributed by atoms with E-state index in [4.69, 9.17) is 12.2 Å². The molecule has 0 saturated carbocycles. The maximum Gasteiger partial charge on any atom is 0.250 e. The number of amides is 1. The molecule has 4 heteroatoms. The van der Waals surface area contributed by atoms with E-state index in [-0.39, 0.29) is 11.9 Å². The molecular weight excluding hydrogens is 280 g/mol. The van der Waals surface area contributed by atoms with E-state index < -0.39 is 0 Å². The molecule has 3 nitrogen and oxygen atoms in total. The van der Waals surface area contributed by atoms with Crippen LogP contribution >= 0.6 is 12.2 Å². The zero-order chi connectivity index (χ0) is 15.2. The van der Waals surface area contributed by atoms with Crippen molar-refractivity contribution >= 4 is 40.1 Å². The summed E-state index contributed by atoms with van der Waals surface area (Å²) in [6.07, 6.45) is 3.30. The summed E-state index contributed by atoms with van der Waals surface area (Å²) in [6.45, 7) is 3.93. The van der Waals surface area contributed by atoms with Crippen molar-refractivity contribution in [2.45, 2.75) is 19.9 Å². The average molecular weight is 298 g/mol. The van der Waals surface area contributed by atoms with Crippen molar-refractivity contribution in [3.8, 4) is 0 Å². The van der Waals surface area contributed by atoms with Gasteiger partial charge in [-0.15, -0.1) is 0 Å². The molecule has 2 rings (SSSR count). The van der Waals surface area contributed by atoms with E-state index in [1.54, 1.807) is 6.08 Å². The van der Waals surface area contributed by atoms with Crippen LogP contribution in [0.5, 0.6) is 0 Å². The van der Waals surface area contributed by atoms with Crippen LogP contribution in [0.25, 0.3) is 16.8 Å². The normalized spacial score (nSPS) is 11.0. The maximum absolute atomic E-state index is 11.8. The van der Waals surface area contributed by atoms with Gasteiger partial charge < -0.3 is 5.32 Å². The fourth-order valence-corrected chi connectivity index (χ4v) is 2.35. The zero-order valence-corrected chi connectivity index (χ0v) is 12.9. The lowest BCUT2D eigenvalue weighted by atomic mass is 10.0. The van der Waals surface area contributed by atoms with Crippen molar-refractivity contribution in [2.24, 2.45) is 0 Å². The number of rotatable bonds is 3. The van der Waals surface area contributed by atoms with Gasteiger partial charge in [0.05, 0.1) is 0 Å². The average Bonchev–Trinajstić information content (AvgIpc) is 2.44. The van der Waals surface area contributed by atoms with Gasteiger partial charge in [-0.3, -0.25) is 10.1 Å². The molecule has 0 bridgehead atoms. The third kappa shape index (κ3) is 4.39. The molecule has 0 aliphatic rings. The molecule has 2 aromatic carbocycles. The van der Waals surface area contributed by atoms with Gasteiger partial charge >= 0.3 is 0 Å². The Morgan fingerprint density at radius 3 is 2.62 bits per heavy atom. The van der Waals surface area contributed by atoms with E-state index in [1.165, 1.54) is 6.08 Å². The van der Waals surface area contributed by atoms with Gasteiger partial charge in [-0.05, 0) is 48.5 Å². The van der Waals surface area contributed by atoms with Gasteiger partial charge in [0.2, 0.25) is 5.91 Å². The van der Waals surface area contributed by atoms with Crippen LogP contribution in [0.1, 0.15) is 19.4 Å². The highest BCUT2D eigenvalue weighted by Crippen LogP contribution is 2.19. The summed E-state index contributed by atoms with van der Waals surface area (Å²) < 4.78 is 0. The Labute approximate surface area is 130 Å². The van der Waals surface area contributed by atoms with Gasteiger partial charge in [-0.1, -0.05) is 42.5 Å². The Bertz CT molecular complexity index is 687. The van der Waals surface area contributed by atoms with Crippen LogP contribution in [0.2, 0.25) is 0 Å². The molecule has 0 atom stereocenters. The molecule has 0 aliphatic heterocycles. The molecule has 0 aliphatic carbocycles. The fraction of sp³-hybridized carbons (Fsp3) is 0.176. The quantitative estimate of drug-likeness (QED) is 0.675. The molecule has 2 N–H and O–H groups in total. The molecule has 0 heterocycles. The van der Waals surface area contributed by atoms with Crippen molar-refractivity contribution in [3.05, 3.63) is 54.1 Å². The molecule has 21 heavy (non-hydrogen) atoms. The minimum Gasteiger partial charge on any atom is -0.360 e. The second-order valence-corrected chi connectivity index (χ2v) is 5.43. The predicted molar refractivity (Wildman–Crippen MR) is 92.0 cm³/mol. The summed E-state index contributed by atoms with van der Waals surface area (Å²) in [5.41, 5.74) is 1.01. The first kappa shape index (κ1) is 15.2. The van der Waals surface area contributed by atoms with Crippen LogP contribution in [0.3, 0.4) is 0 Å². The lowest BCUT2D eigenvalue weighted by Gasteiger charge is -2.10. The number of fused-ring (bicyclic) bond motifs is 1. The SMILES string of the molecule is CC(C)NC(=S)NC(=O)/C=C/c1cccc2ccccc12. The number of carbonyl (C=O) groups excluding carboxylic acids is 1. The zero-order valence-electron chi connectivity index (χ0n) is 12.1. The van der Waals surface area contributed by atoms with Crippen LogP contribution in [0.4, 0.5) is 0 Å². The van der Waals surface area contributed by atoms with Crippen LogP contribution in [0, 0.1) is 0 Å². The summed E-state index contributed by atoms with van der Waals surface area (Å²) in [5, 5.41) is 8.20. The summed E-state index contributed by atoms with van der Waals surface area (Å²) in [6, 6.07) is 14.3. The second-order valence-electron chi connectivity index (χ2n) is 5.02. The molecule has 1 amide bonds. The monoisotopic (exact) mass is 298 g/mol. The topological polar surface area (TPSA) is 41.1 Å². The standard InChI is InChI=1S/C17H18N2OS/c1-12(2)18-17(21)19-16(20)11-10-14-8-5-7-13-6-3-4-9-15(13)14/h3-12H,1-2H3,(H2,18,19,20,21)/b11-10+. The number of nitrogens with one attached hydrogen (secondary N) is 2. The lowest BCUT2D eigenvalue weighted by Crippen LogP contribution is -2.41. The molecule has 0 aromatic heterocycles. The van der Waals surface area contributed by atoms with Crippen molar-refractivity contribution in [3.63, 3.8) is 0 Å². The van der Waals surface area contributed by atoms with Gasteiger partial charge in [-0.2, -0.15) is 0 Å². The van der Waals surface area contributed by atoms with Crippen molar-refractivity contribution in [2.75, 3.05) is 0 Å². The molecule has 108 valence electrons. The fourth-order valence-electron chi connectivity index (χ4n) is 2.01. The first-order chi connectivity index (χ1) is 10.1. The third-order valence-corrected chi connectivity index (χ3v) is 3.11. The first-order valence-electron chi connectivity index (χ1n) is 6.83. The van der Waals surface area contributed by atoms with Gasteiger partial charge in [0.1, 0.15) is 0 Å². The predicted octanol–water partition coefficient (Wildman–Crippen LogP) is 3.25. The first-order valence-corrected chi connectivity index (χ1v) is 7.24. The summed E-state index contributed by atoms with van der Waals surface area (Å²) >= 11 is 5.04. The highest BCUT2D eigenvalue weighted by molar-refractivity contribution is 7.80. The summed E-state index contributed by atoms with van der Waals surface area (Å²) in [5.74, 6) is -0.235. The Kier molecular flexibility index (Phi) is 5.06. The largest absolute Gasteiger partial charge is 0.360 e. The molecule has 0 unspecified atom stereocenters. The van der Waals surface area contributed by atoms with Gasteiger partial charge in [0.25, 0.3) is 0 Å². The smallest absolute Gasteiger partial charge is 0.250 e. The minimum absolute atomic E-state index is 0.194. The summed E-state index contributed by atoms with van der Waals surface area (Å²) in [4.78, 5) is 11.8. The minimum atomic E-state index is -0.235. The highest BCUT2D eigenvalue weighted by atomic mass is 32.1. The van der Waals surface area contributed by atoms with Gasteiger partial charge in [0.15, 0.2) is 5.11 Å². The summed E-state index contributed by atoms with van der Waals surface area (Å²) in [7, 11) is 0. The van der Waals surface area contributed by atoms with E-state index in [2.05, 4.69) is 22.8 Å². The maximum atomic E-state index is 11.8. The van der Waals surface area contributed by atoms with Gasteiger partial charge in [-0.25, -0.2) is 0 Å². The van der Waals surface area contributed by atoms with Crippen LogP contribution in [0.15, 0.2) is 48.5 Å². The van der Waals surface area contributed by atoms with E-state index in [0.717, 1.165) is 16.3 Å². The van der Waals surface area contributed by atoms with Crippen LogP contribution in [-0.4, -0.2) is 17.1 Å². The molecule has 0 radical (unpaired) electrons. The van der Waals surface area contributed by atoms with E-state index in [9.17, 15) is 4.79 Å². The number of carbonyl (C=O) groups is 1. The number of thiocarbonyl (C=S) groups is 1. The van der Waals surface area contributed by atoms with E-state index >= 15 is 0 Å². The Morgan fingerprint density at radius 2 is 1.86 bits per heavy atom. The van der Waals surface area contributed by atoms with Crippen molar-refractivity contribution in [1.82, 2.24) is 10.6 Å². The van der Waals surface area contributed by atoms with E-state index in [1.807, 2.05) is 44.2 Å². The van der Waals surface area contributed by atoms with Crippen molar-refractivity contribution in [1.29, 1.82) is 0 Å². The number of hydrogen-bond donors (Lipinski definition) is 2. The highest BCUT2D eigenvalue weighted by Gasteiger charge is 2.02. The third-order valence-electron chi connectivity index (χ3n) is 2.89. The molecule has 0 saturated heterocycles. The van der Waals surface area contributed by atoms with Crippen LogP contribution < -0.4 is 10.6 Å². The second kappa shape index (κ2) is 6.99. The Morgan fingerprint density at radius 1 is 1.14 bits per heavy atom. The lowest BCUT2D eigenvalue weighted by molar-refractivity contribution is -0.115. The number of benzene rings is 2. The van der Waals surface area contributed by atoms with E-state index in [0.29, 0.717) is 5.11 Å². The number of hydrogen-bond acceptors (Lipinski definition) is 2. The Hall–Kier alpha value is -2.20. The molecule has 0 spiro atoms. The molecule has 2 aromatic rings. The Balaban J connectivity index is 2.09. The van der Waals surface area contributed by atoms with Crippen molar-refractivity contribution < 1.29 is 4.79 Å². The van der Waals surface area contributed by atoms with Gasteiger partial charge in [0, 0.05) is 12.1 Å². The molecule has 0 fully saturated rings. The van der Waals surface area contributed by atoms with Crippen LogP contribution in [-0.2, 0) is 4.79 Å². The molecular formula is C17H18N2OS.